The number of phenolic OH excluding ortho intramolecular Hbond substituents is 2. The molecular formula is C34H40N2O4. The number of aryl methyl sites for hydroxylation is 2. The zero-order valence-electron chi connectivity index (χ0n) is 23.6. The first-order valence-corrected chi connectivity index (χ1v) is 14.6. The molecule has 0 amide bonds. The average molecular weight is 541 g/mol. The van der Waals surface area contributed by atoms with E-state index in [1.54, 1.807) is 0 Å². The summed E-state index contributed by atoms with van der Waals surface area (Å²) in [4.78, 5) is 30.8. The van der Waals surface area contributed by atoms with Gasteiger partial charge in [-0.1, -0.05) is 76.6 Å². The Hall–Kier alpha value is -3.93. The zero-order valence-corrected chi connectivity index (χ0v) is 23.6. The molecule has 0 radical (unpaired) electrons. The van der Waals surface area contributed by atoms with Crippen LogP contribution in [0.4, 0.5) is 17.1 Å². The predicted molar refractivity (Wildman–Crippen MR) is 162 cm³/mol. The van der Waals surface area contributed by atoms with Gasteiger partial charge in [0.25, 0.3) is 0 Å². The molecule has 0 fully saturated rings. The van der Waals surface area contributed by atoms with Gasteiger partial charge in [0.15, 0.2) is 11.5 Å². The highest BCUT2D eigenvalue weighted by Crippen LogP contribution is 2.41. The molecule has 3 aromatic carbocycles. The van der Waals surface area contributed by atoms with Crippen molar-refractivity contribution in [2.75, 3.05) is 5.32 Å². The average Bonchev–Trinajstić information content (AvgIpc) is 2.95. The van der Waals surface area contributed by atoms with Crippen LogP contribution in [0.15, 0.2) is 59.6 Å². The maximum atomic E-state index is 13.3. The van der Waals surface area contributed by atoms with Gasteiger partial charge in [-0.3, -0.25) is 9.59 Å². The summed E-state index contributed by atoms with van der Waals surface area (Å²) in [5, 5.41) is 24.8. The Kier molecular flexibility index (Phi) is 10.1. The van der Waals surface area contributed by atoms with Gasteiger partial charge in [-0.2, -0.15) is 0 Å². The Morgan fingerprint density at radius 3 is 1.90 bits per heavy atom. The number of rotatable bonds is 13. The summed E-state index contributed by atoms with van der Waals surface area (Å²) in [6.45, 7) is 4.38. The highest BCUT2D eigenvalue weighted by molar-refractivity contribution is 6.54. The molecule has 0 bridgehead atoms. The fraction of sp³-hybridized carbons (Fsp3) is 0.382. The second-order valence-electron chi connectivity index (χ2n) is 10.6. The Balaban J connectivity index is 1.49. The number of unbranched alkanes of at least 4 members (excludes halogenated alkanes) is 6. The van der Waals surface area contributed by atoms with Crippen molar-refractivity contribution >= 4 is 34.3 Å². The van der Waals surface area contributed by atoms with Crippen LogP contribution in [0.25, 0.3) is 0 Å². The maximum absolute atomic E-state index is 13.3. The van der Waals surface area contributed by atoms with E-state index >= 15 is 0 Å². The van der Waals surface area contributed by atoms with Gasteiger partial charge in [0.1, 0.15) is 5.75 Å². The van der Waals surface area contributed by atoms with Crippen LogP contribution >= 0.6 is 0 Å². The molecule has 40 heavy (non-hydrogen) atoms. The number of nitrogens with one attached hydrogen (secondary N) is 1. The lowest BCUT2D eigenvalue weighted by Gasteiger charge is -2.20. The minimum Gasteiger partial charge on any atom is -0.507 e. The summed E-state index contributed by atoms with van der Waals surface area (Å²) in [5.41, 5.74) is 3.58. The molecular weight excluding hydrogens is 500 g/mol. The summed E-state index contributed by atoms with van der Waals surface area (Å²) in [5.74, 6) is -1.72. The SMILES string of the molecule is CCCCCCc1ccc(N=C2CC(=O)c3c(O)c(Nc4ccc(CCCCCC)cc4)cc(O)c3C2=O)cc1. The van der Waals surface area contributed by atoms with Gasteiger partial charge in [0, 0.05) is 11.8 Å². The van der Waals surface area contributed by atoms with E-state index in [1.807, 2.05) is 48.5 Å². The van der Waals surface area contributed by atoms with Crippen LogP contribution in [0, 0.1) is 0 Å². The number of hydrogen-bond acceptors (Lipinski definition) is 6. The van der Waals surface area contributed by atoms with E-state index in [4.69, 9.17) is 0 Å². The second-order valence-corrected chi connectivity index (χ2v) is 10.6. The van der Waals surface area contributed by atoms with Gasteiger partial charge in [0.2, 0.25) is 5.78 Å². The number of ketones is 2. The molecule has 1 aliphatic rings. The molecule has 6 nitrogen and oxygen atoms in total. The number of carbonyl (C=O) groups is 2. The van der Waals surface area contributed by atoms with Crippen molar-refractivity contribution < 1.29 is 19.8 Å². The molecule has 4 rings (SSSR count). The summed E-state index contributed by atoms with van der Waals surface area (Å²) in [7, 11) is 0. The van der Waals surface area contributed by atoms with E-state index in [2.05, 4.69) is 24.2 Å². The van der Waals surface area contributed by atoms with Crippen molar-refractivity contribution in [3.8, 4) is 11.5 Å². The van der Waals surface area contributed by atoms with Crippen molar-refractivity contribution in [1.82, 2.24) is 0 Å². The lowest BCUT2D eigenvalue weighted by atomic mass is 9.86. The first-order chi connectivity index (χ1) is 19.4. The predicted octanol–water partition coefficient (Wildman–Crippen LogP) is 8.63. The first-order valence-electron chi connectivity index (χ1n) is 14.6. The number of nitrogens with zero attached hydrogens (tertiary/aromatic N) is 1. The van der Waals surface area contributed by atoms with Crippen molar-refractivity contribution in [2.45, 2.75) is 84.5 Å². The number of aliphatic imine (C=N–C) groups is 1. The van der Waals surface area contributed by atoms with E-state index in [0.29, 0.717) is 11.4 Å². The Morgan fingerprint density at radius 2 is 1.32 bits per heavy atom. The number of anilines is 2. The highest BCUT2D eigenvalue weighted by Gasteiger charge is 2.35. The molecule has 0 atom stereocenters. The van der Waals surface area contributed by atoms with Crippen molar-refractivity contribution in [3.63, 3.8) is 0 Å². The molecule has 0 saturated carbocycles. The summed E-state index contributed by atoms with van der Waals surface area (Å²) >= 11 is 0. The lowest BCUT2D eigenvalue weighted by molar-refractivity contribution is 0.0960. The quantitative estimate of drug-likeness (QED) is 0.114. The molecule has 0 aliphatic heterocycles. The third-order valence-corrected chi connectivity index (χ3v) is 7.45. The highest BCUT2D eigenvalue weighted by atomic mass is 16.3. The fourth-order valence-corrected chi connectivity index (χ4v) is 5.13. The number of Topliss-reactive ketones (excluding diaryl/α,β-unsaturated/α-hetero) is 2. The van der Waals surface area contributed by atoms with Gasteiger partial charge < -0.3 is 15.5 Å². The molecule has 6 heteroatoms. The number of phenols is 2. The minimum atomic E-state index is -0.551. The van der Waals surface area contributed by atoms with Crippen molar-refractivity contribution in [3.05, 3.63) is 76.9 Å². The van der Waals surface area contributed by atoms with E-state index in [9.17, 15) is 19.8 Å². The molecule has 0 unspecified atom stereocenters. The Bertz CT molecular complexity index is 1360. The van der Waals surface area contributed by atoms with Crippen LogP contribution in [0.2, 0.25) is 0 Å². The molecule has 3 N–H and O–H groups in total. The largest absolute Gasteiger partial charge is 0.507 e. The third kappa shape index (κ3) is 7.17. The third-order valence-electron chi connectivity index (χ3n) is 7.45. The normalized spacial score (nSPS) is 14.0. The number of carbonyl (C=O) groups excluding carboxylic acids is 2. The van der Waals surface area contributed by atoms with Gasteiger partial charge >= 0.3 is 0 Å². The standard InChI is InChI=1S/C34H40N2O4/c1-3-5-7-9-11-23-13-17-25(18-14-23)35-27-21-29(37)32-31(33(27)39)30(38)22-28(34(32)40)36-26-19-15-24(16-20-26)12-10-8-6-4-2/h13-21,35,37,39H,3-12,22H2,1-2H3. The molecule has 0 saturated heterocycles. The number of fused-ring (bicyclic) bond motifs is 1. The molecule has 0 aromatic heterocycles. The maximum Gasteiger partial charge on any atom is 0.212 e. The van der Waals surface area contributed by atoms with Crippen LogP contribution in [-0.2, 0) is 12.8 Å². The zero-order chi connectivity index (χ0) is 28.5. The smallest absolute Gasteiger partial charge is 0.212 e. The summed E-state index contributed by atoms with van der Waals surface area (Å²) < 4.78 is 0. The van der Waals surface area contributed by atoms with Gasteiger partial charge in [-0.05, 0) is 61.1 Å². The Labute approximate surface area is 237 Å². The second kappa shape index (κ2) is 13.9. The van der Waals surface area contributed by atoms with Gasteiger partial charge in [0.05, 0.1) is 34.6 Å². The minimum absolute atomic E-state index is 0.0538. The van der Waals surface area contributed by atoms with Crippen molar-refractivity contribution in [1.29, 1.82) is 0 Å². The molecule has 0 heterocycles. The van der Waals surface area contributed by atoms with Crippen LogP contribution in [-0.4, -0.2) is 27.5 Å². The molecule has 3 aromatic rings. The van der Waals surface area contributed by atoms with Crippen LogP contribution in [0.1, 0.15) is 103 Å². The van der Waals surface area contributed by atoms with E-state index in [-0.39, 0.29) is 40.4 Å². The van der Waals surface area contributed by atoms with Crippen LogP contribution in [0.3, 0.4) is 0 Å². The van der Waals surface area contributed by atoms with Crippen molar-refractivity contribution in [2.24, 2.45) is 4.99 Å². The van der Waals surface area contributed by atoms with Gasteiger partial charge in [-0.15, -0.1) is 0 Å². The number of hydrogen-bond donors (Lipinski definition) is 3. The van der Waals surface area contributed by atoms with E-state index in [0.717, 1.165) is 25.7 Å². The summed E-state index contributed by atoms with van der Waals surface area (Å²) in [6.07, 6.45) is 11.3. The topological polar surface area (TPSA) is 99.0 Å². The summed E-state index contributed by atoms with van der Waals surface area (Å²) in [6, 6.07) is 16.8. The Morgan fingerprint density at radius 1 is 0.750 bits per heavy atom. The lowest BCUT2D eigenvalue weighted by Crippen LogP contribution is -2.27. The monoisotopic (exact) mass is 540 g/mol. The van der Waals surface area contributed by atoms with E-state index in [1.165, 1.54) is 55.7 Å². The molecule has 1 aliphatic carbocycles. The van der Waals surface area contributed by atoms with Gasteiger partial charge in [-0.25, -0.2) is 4.99 Å². The molecule has 210 valence electrons. The number of benzene rings is 3. The first kappa shape index (κ1) is 29.1. The fourth-order valence-electron chi connectivity index (χ4n) is 5.13. The number of aromatic hydroxyl groups is 2. The van der Waals surface area contributed by atoms with Crippen LogP contribution in [0.5, 0.6) is 11.5 Å². The van der Waals surface area contributed by atoms with Crippen LogP contribution < -0.4 is 5.32 Å². The molecule has 0 spiro atoms. The van der Waals surface area contributed by atoms with E-state index < -0.39 is 11.6 Å².